The lowest BCUT2D eigenvalue weighted by atomic mass is 10.2. The first-order valence-electron chi connectivity index (χ1n) is 5.86. The molecule has 100 valence electrons. The average molecular weight is 324 g/mol. The highest BCUT2D eigenvalue weighted by atomic mass is 79.9. The summed E-state index contributed by atoms with van der Waals surface area (Å²) in [6.45, 7) is 3.99. The fourth-order valence-electron chi connectivity index (χ4n) is 1.73. The number of carbonyl (C=O) groups is 1. The summed E-state index contributed by atoms with van der Waals surface area (Å²) in [4.78, 5) is 20.6. The summed E-state index contributed by atoms with van der Waals surface area (Å²) in [6, 6.07) is 3.71. The van der Waals surface area contributed by atoms with Gasteiger partial charge >= 0.3 is 5.97 Å². The molecule has 0 aliphatic rings. The molecule has 0 spiro atoms. The predicted octanol–water partition coefficient (Wildman–Crippen LogP) is 2.73. The topological polar surface area (TPSA) is 57.0 Å². The quantitative estimate of drug-likeness (QED) is 0.815. The first-order chi connectivity index (χ1) is 9.04. The first kappa shape index (κ1) is 13.7. The van der Waals surface area contributed by atoms with E-state index in [0.717, 1.165) is 10.2 Å². The number of ether oxygens (including phenoxy) is 1. The van der Waals surface area contributed by atoms with Crippen molar-refractivity contribution in [1.82, 2.24) is 14.5 Å². The summed E-state index contributed by atoms with van der Waals surface area (Å²) in [5.41, 5.74) is 2.45. The van der Waals surface area contributed by atoms with E-state index in [0.29, 0.717) is 23.7 Å². The molecule has 2 aromatic heterocycles. The molecule has 0 bridgehead atoms. The number of halogens is 1. The summed E-state index contributed by atoms with van der Waals surface area (Å²) < 4.78 is 7.61. The molecule has 0 radical (unpaired) electrons. The number of hydrogen-bond donors (Lipinski definition) is 0. The Morgan fingerprint density at radius 3 is 2.84 bits per heavy atom. The summed E-state index contributed by atoms with van der Waals surface area (Å²) >= 11 is 3.40. The van der Waals surface area contributed by atoms with Crippen LogP contribution < -0.4 is 0 Å². The van der Waals surface area contributed by atoms with Gasteiger partial charge in [0.05, 0.1) is 24.3 Å². The van der Waals surface area contributed by atoms with Gasteiger partial charge in [0.15, 0.2) is 5.69 Å². The fourth-order valence-corrected chi connectivity index (χ4v) is 1.95. The number of esters is 1. The average Bonchev–Trinajstić information content (AvgIpc) is 2.75. The minimum absolute atomic E-state index is 0.330. The molecule has 5 nitrogen and oxygen atoms in total. The van der Waals surface area contributed by atoms with Crippen LogP contribution in [0.3, 0.4) is 0 Å². The molecule has 2 heterocycles. The van der Waals surface area contributed by atoms with Gasteiger partial charge in [0.1, 0.15) is 5.69 Å². The minimum atomic E-state index is -0.389. The van der Waals surface area contributed by atoms with E-state index in [2.05, 4.69) is 25.9 Å². The number of hydrogen-bond acceptors (Lipinski definition) is 4. The third kappa shape index (κ3) is 2.68. The Labute approximate surface area is 119 Å². The zero-order valence-electron chi connectivity index (χ0n) is 11.0. The van der Waals surface area contributed by atoms with E-state index in [1.807, 2.05) is 19.1 Å². The molecule has 2 rings (SSSR count). The predicted molar refractivity (Wildman–Crippen MR) is 74.8 cm³/mol. The van der Waals surface area contributed by atoms with Gasteiger partial charge in [-0.2, -0.15) is 0 Å². The van der Waals surface area contributed by atoms with Gasteiger partial charge in [0.25, 0.3) is 0 Å². The van der Waals surface area contributed by atoms with Gasteiger partial charge in [-0.15, -0.1) is 0 Å². The molecular weight excluding hydrogens is 310 g/mol. The Bertz CT molecular complexity index is 622. The van der Waals surface area contributed by atoms with Gasteiger partial charge in [-0.25, -0.2) is 9.78 Å². The van der Waals surface area contributed by atoms with Crippen molar-refractivity contribution in [2.24, 2.45) is 7.05 Å². The maximum Gasteiger partial charge on any atom is 0.357 e. The van der Waals surface area contributed by atoms with Crippen molar-refractivity contribution in [3.63, 3.8) is 0 Å². The molecule has 0 amide bonds. The van der Waals surface area contributed by atoms with Crippen LogP contribution in [0.5, 0.6) is 0 Å². The van der Waals surface area contributed by atoms with Gasteiger partial charge in [-0.05, 0) is 41.9 Å². The SMILES string of the molecule is CCOC(=O)c1c(-c2ccc(Br)c(C)n2)ncn1C. The Morgan fingerprint density at radius 1 is 1.47 bits per heavy atom. The van der Waals surface area contributed by atoms with E-state index in [1.165, 1.54) is 0 Å². The third-order valence-electron chi connectivity index (χ3n) is 2.67. The number of imidazole rings is 1. The number of pyridine rings is 1. The molecular formula is C13H14BrN3O2. The highest BCUT2D eigenvalue weighted by Gasteiger charge is 2.20. The van der Waals surface area contributed by atoms with Crippen LogP contribution >= 0.6 is 15.9 Å². The van der Waals surface area contributed by atoms with Crippen molar-refractivity contribution in [2.45, 2.75) is 13.8 Å². The lowest BCUT2D eigenvalue weighted by molar-refractivity contribution is 0.0516. The minimum Gasteiger partial charge on any atom is -0.461 e. The van der Waals surface area contributed by atoms with Crippen molar-refractivity contribution in [2.75, 3.05) is 6.61 Å². The maximum absolute atomic E-state index is 12.0. The van der Waals surface area contributed by atoms with Crippen molar-refractivity contribution in [3.05, 3.63) is 34.3 Å². The first-order valence-corrected chi connectivity index (χ1v) is 6.65. The fraction of sp³-hybridized carbons (Fsp3) is 0.308. The number of aryl methyl sites for hydroxylation is 2. The van der Waals surface area contributed by atoms with Crippen molar-refractivity contribution < 1.29 is 9.53 Å². The van der Waals surface area contributed by atoms with Crippen molar-refractivity contribution in [1.29, 1.82) is 0 Å². The van der Waals surface area contributed by atoms with E-state index >= 15 is 0 Å². The van der Waals surface area contributed by atoms with E-state index in [-0.39, 0.29) is 5.97 Å². The Balaban J connectivity index is 2.50. The summed E-state index contributed by atoms with van der Waals surface area (Å²) in [7, 11) is 1.76. The van der Waals surface area contributed by atoms with E-state index < -0.39 is 0 Å². The molecule has 0 fully saturated rings. The molecule has 0 N–H and O–H groups in total. The normalized spacial score (nSPS) is 10.5. The van der Waals surface area contributed by atoms with Gasteiger partial charge in [0.2, 0.25) is 0 Å². The lowest BCUT2D eigenvalue weighted by Crippen LogP contribution is -2.11. The summed E-state index contributed by atoms with van der Waals surface area (Å²) in [5.74, 6) is -0.389. The second-order valence-electron chi connectivity index (χ2n) is 4.04. The highest BCUT2D eigenvalue weighted by Crippen LogP contribution is 2.23. The molecule has 0 atom stereocenters. The number of aromatic nitrogens is 3. The summed E-state index contributed by atoms with van der Waals surface area (Å²) in [5, 5.41) is 0. The molecule has 0 unspecified atom stereocenters. The van der Waals surface area contributed by atoms with Crippen LogP contribution in [0.4, 0.5) is 0 Å². The third-order valence-corrected chi connectivity index (χ3v) is 3.51. The van der Waals surface area contributed by atoms with Crippen molar-refractivity contribution >= 4 is 21.9 Å². The van der Waals surface area contributed by atoms with Crippen LogP contribution in [0.1, 0.15) is 23.1 Å². The highest BCUT2D eigenvalue weighted by molar-refractivity contribution is 9.10. The molecule has 6 heteroatoms. The smallest absolute Gasteiger partial charge is 0.357 e. The van der Waals surface area contributed by atoms with Crippen LogP contribution in [0.2, 0.25) is 0 Å². The Hall–Kier alpha value is -1.69. The van der Waals surface area contributed by atoms with Crippen LogP contribution in [-0.4, -0.2) is 27.1 Å². The molecule has 0 saturated carbocycles. The summed E-state index contributed by atoms with van der Waals surface area (Å²) in [6.07, 6.45) is 1.58. The number of carbonyl (C=O) groups excluding carboxylic acids is 1. The second kappa shape index (κ2) is 5.52. The molecule has 0 aliphatic heterocycles. The standard InChI is InChI=1S/C13H14BrN3O2/c1-4-19-13(18)12-11(15-7-17(12)3)10-6-5-9(14)8(2)16-10/h5-7H,4H2,1-3H3. The van der Waals surface area contributed by atoms with Crippen LogP contribution in [0.15, 0.2) is 22.9 Å². The second-order valence-corrected chi connectivity index (χ2v) is 4.89. The van der Waals surface area contributed by atoms with Crippen molar-refractivity contribution in [3.8, 4) is 11.4 Å². The molecule has 0 aromatic carbocycles. The largest absolute Gasteiger partial charge is 0.461 e. The van der Waals surface area contributed by atoms with Crippen LogP contribution in [0, 0.1) is 6.92 Å². The Morgan fingerprint density at radius 2 is 2.21 bits per heavy atom. The zero-order valence-corrected chi connectivity index (χ0v) is 12.6. The molecule has 0 aliphatic carbocycles. The lowest BCUT2D eigenvalue weighted by Gasteiger charge is -2.06. The van der Waals surface area contributed by atoms with Crippen LogP contribution in [-0.2, 0) is 11.8 Å². The van der Waals surface area contributed by atoms with Crippen LogP contribution in [0.25, 0.3) is 11.4 Å². The number of nitrogens with zero attached hydrogens (tertiary/aromatic N) is 3. The van der Waals surface area contributed by atoms with E-state index in [9.17, 15) is 4.79 Å². The molecule has 0 saturated heterocycles. The van der Waals surface area contributed by atoms with Gasteiger partial charge in [0, 0.05) is 11.5 Å². The molecule has 2 aromatic rings. The zero-order chi connectivity index (χ0) is 14.0. The number of rotatable bonds is 3. The van der Waals surface area contributed by atoms with E-state index in [1.54, 1.807) is 24.9 Å². The Kier molecular flexibility index (Phi) is 3.99. The maximum atomic E-state index is 12.0. The van der Waals surface area contributed by atoms with Gasteiger partial charge in [-0.3, -0.25) is 4.98 Å². The molecule has 19 heavy (non-hydrogen) atoms. The monoisotopic (exact) mass is 323 g/mol. The van der Waals surface area contributed by atoms with Gasteiger partial charge in [-0.1, -0.05) is 0 Å². The van der Waals surface area contributed by atoms with Gasteiger partial charge < -0.3 is 9.30 Å². The van der Waals surface area contributed by atoms with E-state index in [4.69, 9.17) is 4.74 Å².